The molecule has 0 spiro atoms. The Bertz CT molecular complexity index is 394. The second-order valence-electron chi connectivity index (χ2n) is 4.80. The number of nitrogens with zero attached hydrogens (tertiary/aromatic N) is 1. The molecule has 0 aliphatic carbocycles. The molecule has 1 saturated heterocycles. The summed E-state index contributed by atoms with van der Waals surface area (Å²) in [7, 11) is 0. The summed E-state index contributed by atoms with van der Waals surface area (Å²) in [5.74, 6) is 0.796. The molecule has 20 heavy (non-hydrogen) atoms. The third kappa shape index (κ3) is 4.16. The first-order valence-corrected chi connectivity index (χ1v) is 7.35. The van der Waals surface area contributed by atoms with Crippen LogP contribution in [0.5, 0.6) is 5.75 Å². The number of rotatable bonds is 7. The fourth-order valence-corrected chi connectivity index (χ4v) is 2.31. The molecule has 0 radical (unpaired) electrons. The van der Waals surface area contributed by atoms with Gasteiger partial charge in [-0.1, -0.05) is 6.92 Å². The second-order valence-corrected chi connectivity index (χ2v) is 4.80. The quantitative estimate of drug-likeness (QED) is 0.827. The Morgan fingerprint density at radius 2 is 2.30 bits per heavy atom. The third-order valence-electron chi connectivity index (χ3n) is 3.23. The van der Waals surface area contributed by atoms with Crippen LogP contribution in [0.15, 0.2) is 18.5 Å². The molecule has 0 bridgehead atoms. The van der Waals surface area contributed by atoms with E-state index in [4.69, 9.17) is 14.2 Å². The van der Waals surface area contributed by atoms with E-state index in [9.17, 15) is 0 Å². The first kappa shape index (κ1) is 15.2. The SMILES string of the molecule is CCCNC(c1cncc(OCC)c1)C1COCCO1. The molecule has 0 saturated carbocycles. The molecule has 2 heterocycles. The van der Waals surface area contributed by atoms with Gasteiger partial charge in [0.25, 0.3) is 0 Å². The van der Waals surface area contributed by atoms with E-state index in [1.165, 1.54) is 0 Å². The zero-order valence-electron chi connectivity index (χ0n) is 12.3. The average Bonchev–Trinajstić information content (AvgIpc) is 2.50. The summed E-state index contributed by atoms with van der Waals surface area (Å²) in [4.78, 5) is 4.27. The van der Waals surface area contributed by atoms with Crippen molar-refractivity contribution >= 4 is 0 Å². The lowest BCUT2D eigenvalue weighted by atomic mass is 10.0. The van der Waals surface area contributed by atoms with Crippen LogP contribution in [0.1, 0.15) is 31.9 Å². The van der Waals surface area contributed by atoms with Gasteiger partial charge in [-0.2, -0.15) is 0 Å². The maximum Gasteiger partial charge on any atom is 0.137 e. The molecule has 1 N–H and O–H groups in total. The minimum absolute atomic E-state index is 0.0222. The van der Waals surface area contributed by atoms with Gasteiger partial charge in [0, 0.05) is 6.20 Å². The van der Waals surface area contributed by atoms with Crippen LogP contribution in [-0.4, -0.2) is 44.1 Å². The number of hydrogen-bond donors (Lipinski definition) is 1. The molecular formula is C15H24N2O3. The fraction of sp³-hybridized carbons (Fsp3) is 0.667. The van der Waals surface area contributed by atoms with Crippen molar-refractivity contribution < 1.29 is 14.2 Å². The second kappa shape index (κ2) is 8.19. The van der Waals surface area contributed by atoms with Gasteiger partial charge >= 0.3 is 0 Å². The summed E-state index contributed by atoms with van der Waals surface area (Å²) in [5.41, 5.74) is 1.08. The maximum absolute atomic E-state index is 5.84. The van der Waals surface area contributed by atoms with Crippen molar-refractivity contribution in [3.05, 3.63) is 24.0 Å². The normalized spacial score (nSPS) is 20.6. The Hall–Kier alpha value is -1.17. The van der Waals surface area contributed by atoms with Gasteiger partial charge < -0.3 is 19.5 Å². The first-order chi connectivity index (χ1) is 9.85. The largest absolute Gasteiger partial charge is 0.492 e. The van der Waals surface area contributed by atoms with Crippen molar-refractivity contribution in [1.82, 2.24) is 10.3 Å². The fourth-order valence-electron chi connectivity index (χ4n) is 2.31. The monoisotopic (exact) mass is 280 g/mol. The summed E-state index contributed by atoms with van der Waals surface area (Å²) >= 11 is 0. The number of nitrogens with one attached hydrogen (secondary N) is 1. The minimum Gasteiger partial charge on any atom is -0.492 e. The standard InChI is InChI=1S/C15H24N2O3/c1-3-5-17-15(14-11-18-6-7-20-14)12-8-13(19-4-2)10-16-9-12/h8-10,14-15,17H,3-7,11H2,1-2H3. The smallest absolute Gasteiger partial charge is 0.137 e. The molecule has 2 rings (SSSR count). The Morgan fingerprint density at radius 3 is 3.00 bits per heavy atom. The van der Waals surface area contributed by atoms with E-state index in [1.807, 2.05) is 19.2 Å². The first-order valence-electron chi connectivity index (χ1n) is 7.35. The summed E-state index contributed by atoms with van der Waals surface area (Å²) in [5, 5.41) is 3.52. The van der Waals surface area contributed by atoms with Crippen LogP contribution in [0, 0.1) is 0 Å². The van der Waals surface area contributed by atoms with Crippen LogP contribution in [-0.2, 0) is 9.47 Å². The van der Waals surface area contributed by atoms with Crippen molar-refractivity contribution in [1.29, 1.82) is 0 Å². The summed E-state index contributed by atoms with van der Waals surface area (Å²) in [6.45, 7) is 7.63. The van der Waals surface area contributed by atoms with Crippen molar-refractivity contribution in [3.63, 3.8) is 0 Å². The zero-order chi connectivity index (χ0) is 14.2. The van der Waals surface area contributed by atoms with Crippen LogP contribution >= 0.6 is 0 Å². The van der Waals surface area contributed by atoms with Crippen LogP contribution in [0.4, 0.5) is 0 Å². The summed E-state index contributed by atoms with van der Waals surface area (Å²) < 4.78 is 16.9. The van der Waals surface area contributed by atoms with Crippen LogP contribution in [0.3, 0.4) is 0 Å². The third-order valence-corrected chi connectivity index (χ3v) is 3.23. The minimum atomic E-state index is 0.0222. The van der Waals surface area contributed by atoms with Crippen molar-refractivity contribution in [2.24, 2.45) is 0 Å². The lowest BCUT2D eigenvalue weighted by Gasteiger charge is -2.31. The van der Waals surface area contributed by atoms with Crippen molar-refractivity contribution in [2.45, 2.75) is 32.4 Å². The number of aromatic nitrogens is 1. The van der Waals surface area contributed by atoms with E-state index in [2.05, 4.69) is 17.2 Å². The highest BCUT2D eigenvalue weighted by Gasteiger charge is 2.26. The Kier molecular flexibility index (Phi) is 6.24. The van der Waals surface area contributed by atoms with E-state index in [0.29, 0.717) is 26.4 Å². The molecule has 1 aromatic rings. The molecule has 2 atom stereocenters. The van der Waals surface area contributed by atoms with Gasteiger partial charge in [-0.3, -0.25) is 4.98 Å². The Balaban J connectivity index is 2.13. The van der Waals surface area contributed by atoms with Crippen LogP contribution < -0.4 is 10.1 Å². The molecule has 1 aliphatic rings. The van der Waals surface area contributed by atoms with Crippen LogP contribution in [0.2, 0.25) is 0 Å². The Morgan fingerprint density at radius 1 is 1.40 bits per heavy atom. The average molecular weight is 280 g/mol. The maximum atomic E-state index is 5.84. The van der Waals surface area contributed by atoms with Gasteiger partial charge in [0.2, 0.25) is 0 Å². The van der Waals surface area contributed by atoms with E-state index in [-0.39, 0.29) is 12.1 Å². The van der Waals surface area contributed by atoms with Crippen molar-refractivity contribution in [2.75, 3.05) is 33.0 Å². The van der Waals surface area contributed by atoms with E-state index in [0.717, 1.165) is 24.3 Å². The van der Waals surface area contributed by atoms with Gasteiger partial charge in [-0.05, 0) is 31.5 Å². The molecule has 5 heteroatoms. The molecule has 0 aromatic carbocycles. The predicted octanol–water partition coefficient (Wildman–Crippen LogP) is 1.94. The molecule has 2 unspecified atom stereocenters. The highest BCUT2D eigenvalue weighted by atomic mass is 16.6. The zero-order valence-corrected chi connectivity index (χ0v) is 12.3. The molecule has 112 valence electrons. The number of pyridine rings is 1. The van der Waals surface area contributed by atoms with Gasteiger partial charge in [-0.25, -0.2) is 0 Å². The molecule has 1 fully saturated rings. The summed E-state index contributed by atoms with van der Waals surface area (Å²) in [6.07, 6.45) is 4.70. The highest BCUT2D eigenvalue weighted by Crippen LogP contribution is 2.24. The number of hydrogen-bond acceptors (Lipinski definition) is 5. The topological polar surface area (TPSA) is 52.6 Å². The number of ether oxygens (including phenoxy) is 3. The van der Waals surface area contributed by atoms with Crippen molar-refractivity contribution in [3.8, 4) is 5.75 Å². The van der Waals surface area contributed by atoms with Gasteiger partial charge in [0.1, 0.15) is 11.9 Å². The van der Waals surface area contributed by atoms with E-state index >= 15 is 0 Å². The lowest BCUT2D eigenvalue weighted by molar-refractivity contribution is -0.102. The lowest BCUT2D eigenvalue weighted by Crippen LogP contribution is -2.40. The molecular weight excluding hydrogens is 256 g/mol. The van der Waals surface area contributed by atoms with E-state index in [1.54, 1.807) is 6.20 Å². The molecule has 1 aliphatic heterocycles. The van der Waals surface area contributed by atoms with Gasteiger partial charge in [0.05, 0.1) is 38.7 Å². The molecule has 1 aromatic heterocycles. The van der Waals surface area contributed by atoms with E-state index < -0.39 is 0 Å². The predicted molar refractivity (Wildman–Crippen MR) is 77.0 cm³/mol. The Labute approximate surface area is 120 Å². The van der Waals surface area contributed by atoms with Crippen LogP contribution in [0.25, 0.3) is 0 Å². The van der Waals surface area contributed by atoms with Gasteiger partial charge in [-0.15, -0.1) is 0 Å². The molecule has 5 nitrogen and oxygen atoms in total. The van der Waals surface area contributed by atoms with Gasteiger partial charge in [0.15, 0.2) is 0 Å². The highest BCUT2D eigenvalue weighted by molar-refractivity contribution is 5.27. The summed E-state index contributed by atoms with van der Waals surface area (Å²) in [6, 6.07) is 2.12. The molecule has 0 amide bonds.